The number of rotatable bonds is 4. The summed E-state index contributed by atoms with van der Waals surface area (Å²) >= 11 is 2.98. The van der Waals surface area contributed by atoms with Gasteiger partial charge in [0.05, 0.1) is 17.1 Å². The predicted molar refractivity (Wildman–Crippen MR) is 108 cm³/mol. The van der Waals surface area contributed by atoms with Crippen LogP contribution in [0.15, 0.2) is 47.6 Å². The molecular weight excluding hydrogens is 382 g/mol. The van der Waals surface area contributed by atoms with Crippen LogP contribution >= 0.6 is 23.3 Å². The summed E-state index contributed by atoms with van der Waals surface area (Å²) < 4.78 is 1.81. The number of thiazole rings is 1. The standard InChI is InChI=1S/C18H17N5O2S2/c1-22(2)18-20-10-12(26-18)9-19-16(24)11-5-6-15-13(8-11)21-17(25)14-4-3-7-23(14)27-15/h3-8,10H,9H2,1-2H3,(H,19,24)(H,21,25). The molecular formula is C18H17N5O2S2. The highest BCUT2D eigenvalue weighted by Gasteiger charge is 2.20. The van der Waals surface area contributed by atoms with Crippen molar-refractivity contribution >= 4 is 45.9 Å². The Balaban J connectivity index is 1.48. The lowest BCUT2D eigenvalue weighted by atomic mass is 10.2. The lowest BCUT2D eigenvalue weighted by molar-refractivity contribution is 0.0949. The van der Waals surface area contributed by atoms with E-state index in [4.69, 9.17) is 0 Å². The molecule has 3 heterocycles. The SMILES string of the molecule is CN(C)c1ncc(CNC(=O)c2ccc3c(c2)NC(=O)c2cccn2S3)s1. The quantitative estimate of drug-likeness (QED) is 0.705. The van der Waals surface area contributed by atoms with Crippen LogP contribution in [0, 0.1) is 0 Å². The van der Waals surface area contributed by atoms with Crippen molar-refractivity contribution in [1.82, 2.24) is 14.3 Å². The number of benzene rings is 1. The molecule has 1 aliphatic heterocycles. The van der Waals surface area contributed by atoms with Crippen LogP contribution < -0.4 is 15.5 Å². The van der Waals surface area contributed by atoms with E-state index in [1.165, 1.54) is 23.3 Å². The monoisotopic (exact) mass is 399 g/mol. The number of anilines is 2. The first-order valence-electron chi connectivity index (χ1n) is 8.22. The zero-order valence-corrected chi connectivity index (χ0v) is 16.4. The highest BCUT2D eigenvalue weighted by molar-refractivity contribution is 7.98. The maximum atomic E-state index is 12.5. The van der Waals surface area contributed by atoms with Crippen molar-refractivity contribution in [3.8, 4) is 0 Å². The minimum Gasteiger partial charge on any atom is -0.354 e. The van der Waals surface area contributed by atoms with Gasteiger partial charge in [0.1, 0.15) is 5.69 Å². The molecule has 1 aliphatic rings. The molecule has 27 heavy (non-hydrogen) atoms. The highest BCUT2D eigenvalue weighted by atomic mass is 32.2. The molecule has 0 saturated carbocycles. The number of hydrogen-bond donors (Lipinski definition) is 2. The largest absolute Gasteiger partial charge is 0.354 e. The second-order valence-corrected chi connectivity index (χ2v) is 8.27. The van der Waals surface area contributed by atoms with Crippen LogP contribution in [0.3, 0.4) is 0 Å². The number of aromatic nitrogens is 2. The van der Waals surface area contributed by atoms with Gasteiger partial charge < -0.3 is 15.5 Å². The predicted octanol–water partition coefficient (Wildman–Crippen LogP) is 3.06. The van der Waals surface area contributed by atoms with Crippen LogP contribution in [0.5, 0.6) is 0 Å². The molecule has 0 aliphatic carbocycles. The molecule has 7 nitrogen and oxygen atoms in total. The second kappa shape index (κ2) is 7.09. The lowest BCUT2D eigenvalue weighted by Gasteiger charge is -2.09. The summed E-state index contributed by atoms with van der Waals surface area (Å²) in [5.74, 6) is -0.384. The minimum absolute atomic E-state index is 0.190. The molecule has 138 valence electrons. The molecule has 0 bridgehead atoms. The van der Waals surface area contributed by atoms with Gasteiger partial charge in [-0.25, -0.2) is 4.98 Å². The molecule has 0 radical (unpaired) electrons. The van der Waals surface area contributed by atoms with Crippen molar-refractivity contribution in [2.24, 2.45) is 0 Å². The van der Waals surface area contributed by atoms with E-state index in [0.717, 1.165) is 14.9 Å². The fourth-order valence-electron chi connectivity index (χ4n) is 2.62. The fourth-order valence-corrected chi connectivity index (χ4v) is 4.31. The van der Waals surface area contributed by atoms with Gasteiger partial charge in [-0.15, -0.1) is 11.3 Å². The number of carbonyl (C=O) groups is 2. The summed E-state index contributed by atoms with van der Waals surface area (Å²) in [6, 6.07) is 8.91. The maximum Gasteiger partial charge on any atom is 0.273 e. The summed E-state index contributed by atoms with van der Waals surface area (Å²) in [6.45, 7) is 0.411. The average molecular weight is 400 g/mol. The Hall–Kier alpha value is -2.78. The van der Waals surface area contributed by atoms with Gasteiger partial charge in [-0.05, 0) is 42.3 Å². The Morgan fingerprint density at radius 3 is 2.96 bits per heavy atom. The zero-order valence-electron chi connectivity index (χ0n) is 14.7. The Bertz CT molecular complexity index is 1020. The molecule has 0 atom stereocenters. The van der Waals surface area contributed by atoms with Crippen molar-refractivity contribution in [1.29, 1.82) is 0 Å². The molecule has 0 spiro atoms. The van der Waals surface area contributed by atoms with Crippen LogP contribution in [0.4, 0.5) is 10.8 Å². The zero-order chi connectivity index (χ0) is 19.0. The Morgan fingerprint density at radius 2 is 2.19 bits per heavy atom. The van der Waals surface area contributed by atoms with Crippen molar-refractivity contribution in [3.05, 3.63) is 58.9 Å². The molecule has 1 aromatic carbocycles. The van der Waals surface area contributed by atoms with Gasteiger partial charge in [0, 0.05) is 36.9 Å². The van der Waals surface area contributed by atoms with Gasteiger partial charge in [0.15, 0.2) is 5.13 Å². The van der Waals surface area contributed by atoms with E-state index in [1.54, 1.807) is 24.4 Å². The van der Waals surface area contributed by atoms with Crippen LogP contribution in [0.2, 0.25) is 0 Å². The van der Waals surface area contributed by atoms with E-state index in [2.05, 4.69) is 15.6 Å². The van der Waals surface area contributed by atoms with E-state index in [1.807, 2.05) is 41.3 Å². The molecule has 9 heteroatoms. The van der Waals surface area contributed by atoms with Crippen LogP contribution in [-0.2, 0) is 6.54 Å². The van der Waals surface area contributed by atoms with E-state index in [0.29, 0.717) is 23.5 Å². The van der Waals surface area contributed by atoms with Crippen molar-refractivity contribution < 1.29 is 9.59 Å². The lowest BCUT2D eigenvalue weighted by Crippen LogP contribution is -2.22. The van der Waals surface area contributed by atoms with E-state index >= 15 is 0 Å². The molecule has 0 unspecified atom stereocenters. The number of carbonyl (C=O) groups excluding carboxylic acids is 2. The summed E-state index contributed by atoms with van der Waals surface area (Å²) in [6.07, 6.45) is 3.61. The summed E-state index contributed by atoms with van der Waals surface area (Å²) in [5.41, 5.74) is 1.71. The molecule has 2 amide bonds. The van der Waals surface area contributed by atoms with Crippen molar-refractivity contribution in [2.75, 3.05) is 24.3 Å². The number of nitrogens with zero attached hydrogens (tertiary/aromatic N) is 3. The highest BCUT2D eigenvalue weighted by Crippen LogP contribution is 2.34. The van der Waals surface area contributed by atoms with Crippen molar-refractivity contribution in [2.45, 2.75) is 11.4 Å². The van der Waals surface area contributed by atoms with Gasteiger partial charge in [-0.2, -0.15) is 0 Å². The van der Waals surface area contributed by atoms with Crippen molar-refractivity contribution in [3.63, 3.8) is 0 Å². The molecule has 2 aromatic heterocycles. The van der Waals surface area contributed by atoms with Crippen LogP contribution in [0.25, 0.3) is 0 Å². The summed E-state index contributed by atoms with van der Waals surface area (Å²) in [5, 5.41) is 6.67. The second-order valence-electron chi connectivity index (χ2n) is 6.16. The topological polar surface area (TPSA) is 79.3 Å². The Morgan fingerprint density at radius 1 is 1.33 bits per heavy atom. The van der Waals surface area contributed by atoms with Crippen LogP contribution in [-0.4, -0.2) is 34.9 Å². The molecule has 0 fully saturated rings. The normalized spacial score (nSPS) is 12.6. The van der Waals surface area contributed by atoms with Gasteiger partial charge in [0.2, 0.25) is 0 Å². The third-order valence-electron chi connectivity index (χ3n) is 3.98. The first-order valence-corrected chi connectivity index (χ1v) is 9.81. The van der Waals surface area contributed by atoms with E-state index in [9.17, 15) is 9.59 Å². The molecule has 2 N–H and O–H groups in total. The Kier molecular flexibility index (Phi) is 4.63. The number of hydrogen-bond acceptors (Lipinski definition) is 6. The average Bonchev–Trinajstić information content (AvgIpc) is 3.28. The molecule has 0 saturated heterocycles. The summed E-state index contributed by atoms with van der Waals surface area (Å²) in [4.78, 5) is 32.9. The van der Waals surface area contributed by atoms with Gasteiger partial charge in [0.25, 0.3) is 11.8 Å². The summed E-state index contributed by atoms with van der Waals surface area (Å²) in [7, 11) is 3.86. The fraction of sp³-hybridized carbons (Fsp3) is 0.167. The van der Waals surface area contributed by atoms with Gasteiger partial charge >= 0.3 is 0 Å². The van der Waals surface area contributed by atoms with E-state index < -0.39 is 0 Å². The first kappa shape index (κ1) is 17.6. The minimum atomic E-state index is -0.194. The first-order chi connectivity index (χ1) is 13.0. The third-order valence-corrected chi connectivity index (χ3v) is 6.21. The van der Waals surface area contributed by atoms with Crippen LogP contribution in [0.1, 0.15) is 25.7 Å². The molecule has 4 rings (SSSR count). The third kappa shape index (κ3) is 3.56. The van der Waals surface area contributed by atoms with Gasteiger partial charge in [-0.3, -0.25) is 13.6 Å². The molecule has 3 aromatic rings. The number of fused-ring (bicyclic) bond motifs is 2. The number of nitrogens with one attached hydrogen (secondary N) is 2. The smallest absolute Gasteiger partial charge is 0.273 e. The maximum absolute atomic E-state index is 12.5. The van der Waals surface area contributed by atoms with E-state index in [-0.39, 0.29) is 11.8 Å². The Labute approximate surface area is 164 Å². The van der Waals surface area contributed by atoms with Gasteiger partial charge in [-0.1, -0.05) is 0 Å². The number of amides is 2.